The van der Waals surface area contributed by atoms with Gasteiger partial charge in [-0.25, -0.2) is 0 Å². The monoisotopic (exact) mass is 490 g/mol. The highest BCUT2D eigenvalue weighted by atomic mass is 79.9. The molecule has 2 aromatic carbocycles. The van der Waals surface area contributed by atoms with Gasteiger partial charge in [0.05, 0.1) is 11.5 Å². The molecule has 5 nitrogen and oxygen atoms in total. The summed E-state index contributed by atoms with van der Waals surface area (Å²) in [5, 5.41) is 1.11. The third-order valence-corrected chi connectivity index (χ3v) is 5.89. The molecule has 3 rings (SSSR count). The second-order valence-corrected chi connectivity index (χ2v) is 8.83. The van der Waals surface area contributed by atoms with Gasteiger partial charge in [-0.15, -0.1) is 0 Å². The van der Waals surface area contributed by atoms with E-state index in [4.69, 9.17) is 17.0 Å². The van der Waals surface area contributed by atoms with Crippen LogP contribution < -0.4 is 10.2 Å². The lowest BCUT2D eigenvalue weighted by atomic mass is 10.2. The highest BCUT2D eigenvalue weighted by molar-refractivity contribution is 9.10. The molecule has 0 saturated carbocycles. The molecular weight excluding hydrogens is 472 g/mol. The number of benzene rings is 2. The molecule has 0 aromatic heterocycles. The summed E-state index contributed by atoms with van der Waals surface area (Å²) in [5.74, 6) is 0.0438. The van der Waals surface area contributed by atoms with Gasteiger partial charge in [-0.2, -0.15) is 5.01 Å². The molecule has 1 fully saturated rings. The van der Waals surface area contributed by atoms with Gasteiger partial charge in [0.1, 0.15) is 5.75 Å². The molecule has 1 aliphatic heterocycles. The first-order valence-corrected chi connectivity index (χ1v) is 11.1. The molecule has 0 unspecified atom stereocenters. The molecule has 2 aromatic rings. The second kappa shape index (κ2) is 10.0. The van der Waals surface area contributed by atoms with Crippen molar-refractivity contribution in [3.8, 4) is 5.75 Å². The smallest absolute Gasteiger partial charge is 0.285 e. The number of nitrogens with zero attached hydrogens (tertiary/aromatic N) is 1. The Morgan fingerprint density at radius 1 is 1.21 bits per heavy atom. The zero-order chi connectivity index (χ0) is 20.8. The van der Waals surface area contributed by atoms with Crippen LogP contribution in [-0.4, -0.2) is 27.8 Å². The van der Waals surface area contributed by atoms with Crippen molar-refractivity contribution in [2.75, 3.05) is 6.61 Å². The zero-order valence-electron chi connectivity index (χ0n) is 15.7. The number of thioether (sulfide) groups is 1. The standard InChI is InChI=1S/C21H19BrN2O3S2/c1-2-3-12-27-17-10-4-14(5-11-17)13-18-20(26)24(21(28)29-18)23-19(25)15-6-8-16(22)9-7-15/h4-11,13H,2-3,12H2,1H3,(H,23,25)/b18-13-. The van der Waals surface area contributed by atoms with Crippen LogP contribution in [0.1, 0.15) is 35.7 Å². The van der Waals surface area contributed by atoms with Gasteiger partial charge in [-0.05, 0) is 66.7 Å². The van der Waals surface area contributed by atoms with Gasteiger partial charge in [-0.3, -0.25) is 15.0 Å². The summed E-state index contributed by atoms with van der Waals surface area (Å²) >= 11 is 9.74. The van der Waals surface area contributed by atoms with Crippen LogP contribution in [0.5, 0.6) is 5.75 Å². The lowest BCUT2D eigenvalue weighted by molar-refractivity contribution is -0.123. The van der Waals surface area contributed by atoms with Crippen LogP contribution in [0.2, 0.25) is 0 Å². The Kier molecular flexibility index (Phi) is 7.46. The maximum absolute atomic E-state index is 12.7. The van der Waals surface area contributed by atoms with E-state index in [0.29, 0.717) is 17.1 Å². The molecule has 150 valence electrons. The Morgan fingerprint density at radius 2 is 1.90 bits per heavy atom. The lowest BCUT2D eigenvalue weighted by Crippen LogP contribution is -2.44. The molecule has 0 radical (unpaired) electrons. The van der Waals surface area contributed by atoms with E-state index in [9.17, 15) is 9.59 Å². The Morgan fingerprint density at radius 3 is 2.55 bits per heavy atom. The number of hydrogen-bond donors (Lipinski definition) is 1. The Bertz CT molecular complexity index is 943. The van der Waals surface area contributed by atoms with E-state index in [1.54, 1.807) is 30.3 Å². The zero-order valence-corrected chi connectivity index (χ0v) is 18.9. The molecule has 1 saturated heterocycles. The summed E-state index contributed by atoms with van der Waals surface area (Å²) in [6, 6.07) is 14.4. The van der Waals surface area contributed by atoms with E-state index in [0.717, 1.165) is 45.4 Å². The van der Waals surface area contributed by atoms with E-state index < -0.39 is 5.91 Å². The number of carbonyl (C=O) groups excluding carboxylic acids is 2. The molecule has 2 amide bonds. The molecular formula is C21H19BrN2O3S2. The van der Waals surface area contributed by atoms with Crippen molar-refractivity contribution in [1.29, 1.82) is 0 Å². The molecule has 1 aliphatic rings. The molecule has 0 bridgehead atoms. The number of hydrogen-bond acceptors (Lipinski definition) is 5. The minimum Gasteiger partial charge on any atom is -0.494 e. The highest BCUT2D eigenvalue weighted by Gasteiger charge is 2.33. The van der Waals surface area contributed by atoms with Crippen molar-refractivity contribution in [1.82, 2.24) is 10.4 Å². The first-order chi connectivity index (χ1) is 14.0. The number of halogens is 1. The molecule has 8 heteroatoms. The van der Waals surface area contributed by atoms with Crippen LogP contribution in [0.4, 0.5) is 0 Å². The van der Waals surface area contributed by atoms with Crippen LogP contribution in [0.3, 0.4) is 0 Å². The summed E-state index contributed by atoms with van der Waals surface area (Å²) in [5.41, 5.74) is 3.86. The van der Waals surface area contributed by atoms with Crippen LogP contribution >= 0.6 is 39.9 Å². The molecule has 1 N–H and O–H groups in total. The van der Waals surface area contributed by atoms with E-state index in [1.807, 2.05) is 24.3 Å². The number of carbonyl (C=O) groups is 2. The third kappa shape index (κ3) is 5.68. The third-order valence-electron chi connectivity index (χ3n) is 4.06. The molecule has 0 spiro atoms. The fourth-order valence-electron chi connectivity index (χ4n) is 2.48. The molecule has 1 heterocycles. The number of rotatable bonds is 7. The minimum atomic E-state index is -0.399. The lowest BCUT2D eigenvalue weighted by Gasteiger charge is -2.15. The van der Waals surface area contributed by atoms with Gasteiger partial charge < -0.3 is 4.74 Å². The largest absolute Gasteiger partial charge is 0.494 e. The fraction of sp³-hybridized carbons (Fsp3) is 0.190. The van der Waals surface area contributed by atoms with Gasteiger partial charge >= 0.3 is 0 Å². The summed E-state index contributed by atoms with van der Waals surface area (Å²) in [4.78, 5) is 25.5. The van der Waals surface area contributed by atoms with Gasteiger partial charge in [0, 0.05) is 10.0 Å². The Balaban J connectivity index is 1.66. The summed E-state index contributed by atoms with van der Waals surface area (Å²) < 4.78 is 6.80. The minimum absolute atomic E-state index is 0.284. The number of thiocarbonyl (C=S) groups is 1. The molecule has 0 aliphatic carbocycles. The maximum atomic E-state index is 12.7. The van der Waals surface area contributed by atoms with Crippen molar-refractivity contribution in [2.45, 2.75) is 19.8 Å². The van der Waals surface area contributed by atoms with E-state index in [-0.39, 0.29) is 10.2 Å². The number of ether oxygens (including phenoxy) is 1. The van der Waals surface area contributed by atoms with Crippen molar-refractivity contribution in [2.24, 2.45) is 0 Å². The van der Waals surface area contributed by atoms with Crippen molar-refractivity contribution in [3.63, 3.8) is 0 Å². The number of amides is 2. The van der Waals surface area contributed by atoms with Gasteiger partial charge in [0.2, 0.25) is 0 Å². The van der Waals surface area contributed by atoms with Crippen LogP contribution in [0, 0.1) is 0 Å². The SMILES string of the molecule is CCCCOc1ccc(/C=C2\SC(=S)N(NC(=O)c3ccc(Br)cc3)C2=O)cc1. The Labute approximate surface area is 187 Å². The second-order valence-electron chi connectivity index (χ2n) is 6.24. The van der Waals surface area contributed by atoms with E-state index in [2.05, 4.69) is 28.3 Å². The average molecular weight is 491 g/mol. The van der Waals surface area contributed by atoms with Gasteiger partial charge in [0.25, 0.3) is 11.8 Å². The number of unbranched alkanes of at least 4 members (excludes halogenated alkanes) is 1. The van der Waals surface area contributed by atoms with Crippen molar-refractivity contribution in [3.05, 3.63) is 69.0 Å². The quantitative estimate of drug-likeness (QED) is 0.329. The predicted octanol–water partition coefficient (Wildman–Crippen LogP) is 5.17. The first-order valence-electron chi connectivity index (χ1n) is 9.05. The Hall–Kier alpha value is -2.16. The first kappa shape index (κ1) is 21.5. The van der Waals surface area contributed by atoms with Gasteiger partial charge in [-0.1, -0.05) is 53.2 Å². The summed E-state index contributed by atoms with van der Waals surface area (Å²) in [6.45, 7) is 2.80. The van der Waals surface area contributed by atoms with Crippen LogP contribution in [0.25, 0.3) is 6.08 Å². The van der Waals surface area contributed by atoms with Crippen molar-refractivity contribution >= 4 is 62.1 Å². The van der Waals surface area contributed by atoms with E-state index >= 15 is 0 Å². The fourth-order valence-corrected chi connectivity index (χ4v) is 3.92. The molecule has 29 heavy (non-hydrogen) atoms. The predicted molar refractivity (Wildman–Crippen MR) is 123 cm³/mol. The van der Waals surface area contributed by atoms with Crippen LogP contribution in [0.15, 0.2) is 57.9 Å². The molecule has 0 atom stereocenters. The van der Waals surface area contributed by atoms with Crippen molar-refractivity contribution < 1.29 is 14.3 Å². The topological polar surface area (TPSA) is 58.6 Å². The summed E-state index contributed by atoms with van der Waals surface area (Å²) in [7, 11) is 0. The highest BCUT2D eigenvalue weighted by Crippen LogP contribution is 2.31. The maximum Gasteiger partial charge on any atom is 0.285 e. The number of hydrazine groups is 1. The van der Waals surface area contributed by atoms with E-state index in [1.165, 1.54) is 0 Å². The average Bonchev–Trinajstić information content (AvgIpc) is 2.97. The van der Waals surface area contributed by atoms with Gasteiger partial charge in [0.15, 0.2) is 4.32 Å². The van der Waals surface area contributed by atoms with Crippen LogP contribution in [-0.2, 0) is 4.79 Å². The summed E-state index contributed by atoms with van der Waals surface area (Å²) in [6.07, 6.45) is 3.84. The normalized spacial score (nSPS) is 15.1. The number of nitrogens with one attached hydrogen (secondary N) is 1.